The largest absolute Gasteiger partial charge is 0.366 e. The first-order chi connectivity index (χ1) is 9.40. The summed E-state index contributed by atoms with van der Waals surface area (Å²) in [6.07, 6.45) is 0. The van der Waals surface area contributed by atoms with E-state index < -0.39 is 0 Å². The summed E-state index contributed by atoms with van der Waals surface area (Å²) in [7, 11) is 0. The van der Waals surface area contributed by atoms with Crippen molar-refractivity contribution >= 4 is 35.1 Å². The highest BCUT2D eigenvalue weighted by Crippen LogP contribution is 2.24. The molecule has 0 aliphatic carbocycles. The SMILES string of the molecule is CC(C)SCN(CSC(C)C)c1cccc(C(N)=O)c1. The van der Waals surface area contributed by atoms with Crippen molar-refractivity contribution in [3.63, 3.8) is 0 Å². The normalized spacial score (nSPS) is 11.1. The van der Waals surface area contributed by atoms with Crippen LogP contribution in [0.1, 0.15) is 38.1 Å². The lowest BCUT2D eigenvalue weighted by Gasteiger charge is -2.26. The van der Waals surface area contributed by atoms with Gasteiger partial charge in [0.2, 0.25) is 5.91 Å². The summed E-state index contributed by atoms with van der Waals surface area (Å²) >= 11 is 3.79. The number of thioether (sulfide) groups is 2. The van der Waals surface area contributed by atoms with Crippen LogP contribution in [-0.2, 0) is 0 Å². The van der Waals surface area contributed by atoms with Crippen molar-refractivity contribution < 1.29 is 4.79 Å². The Morgan fingerprint density at radius 3 is 2.15 bits per heavy atom. The molecule has 0 aliphatic rings. The van der Waals surface area contributed by atoms with Gasteiger partial charge in [0.1, 0.15) is 0 Å². The van der Waals surface area contributed by atoms with Crippen molar-refractivity contribution in [2.24, 2.45) is 5.73 Å². The van der Waals surface area contributed by atoms with Crippen molar-refractivity contribution in [3.05, 3.63) is 29.8 Å². The number of nitrogens with two attached hydrogens (primary N) is 1. The predicted molar refractivity (Wildman–Crippen MR) is 92.6 cm³/mol. The molecule has 1 amide bonds. The van der Waals surface area contributed by atoms with Crippen LogP contribution in [0.5, 0.6) is 0 Å². The molecule has 1 aromatic carbocycles. The van der Waals surface area contributed by atoms with Gasteiger partial charge in [-0.25, -0.2) is 0 Å². The monoisotopic (exact) mass is 312 g/mol. The Balaban J connectivity index is 2.84. The van der Waals surface area contributed by atoms with Crippen molar-refractivity contribution in [1.29, 1.82) is 0 Å². The minimum absolute atomic E-state index is 0.375. The molecule has 0 spiro atoms. The number of hydrogen-bond donors (Lipinski definition) is 1. The Labute approximate surface area is 130 Å². The summed E-state index contributed by atoms with van der Waals surface area (Å²) < 4.78 is 0. The second-order valence-corrected chi connectivity index (χ2v) is 8.21. The van der Waals surface area contributed by atoms with E-state index in [1.54, 1.807) is 6.07 Å². The molecule has 0 aromatic heterocycles. The van der Waals surface area contributed by atoms with Crippen LogP contribution in [0.4, 0.5) is 5.69 Å². The maximum Gasteiger partial charge on any atom is 0.248 e. The molecule has 0 heterocycles. The van der Waals surface area contributed by atoms with Crippen LogP contribution in [0.25, 0.3) is 0 Å². The zero-order valence-corrected chi connectivity index (χ0v) is 14.3. The fourth-order valence-electron chi connectivity index (χ4n) is 1.52. The third kappa shape index (κ3) is 6.09. The zero-order chi connectivity index (χ0) is 15.1. The van der Waals surface area contributed by atoms with Gasteiger partial charge in [-0.2, -0.15) is 0 Å². The smallest absolute Gasteiger partial charge is 0.248 e. The molecule has 0 saturated carbocycles. The number of amides is 1. The van der Waals surface area contributed by atoms with Gasteiger partial charge in [0.15, 0.2) is 0 Å². The number of anilines is 1. The molecule has 112 valence electrons. The second kappa shape index (κ2) is 8.47. The Morgan fingerprint density at radius 2 is 1.70 bits per heavy atom. The molecule has 0 aliphatic heterocycles. The Hall–Kier alpha value is -0.810. The minimum Gasteiger partial charge on any atom is -0.366 e. The molecular formula is C15H24N2OS2. The molecule has 0 unspecified atom stereocenters. The Kier molecular flexibility index (Phi) is 7.30. The summed E-state index contributed by atoms with van der Waals surface area (Å²) in [4.78, 5) is 13.6. The number of hydrogen-bond acceptors (Lipinski definition) is 4. The van der Waals surface area contributed by atoms with Gasteiger partial charge in [0.05, 0.1) is 11.8 Å². The molecule has 0 atom stereocenters. The zero-order valence-electron chi connectivity index (χ0n) is 12.6. The molecule has 5 heteroatoms. The molecule has 0 saturated heterocycles. The van der Waals surface area contributed by atoms with Gasteiger partial charge >= 0.3 is 0 Å². The first kappa shape index (κ1) is 17.2. The molecule has 3 nitrogen and oxygen atoms in total. The maximum absolute atomic E-state index is 11.3. The fourth-order valence-corrected chi connectivity index (χ4v) is 3.07. The van der Waals surface area contributed by atoms with Gasteiger partial charge in [-0.1, -0.05) is 33.8 Å². The van der Waals surface area contributed by atoms with Crippen LogP contribution >= 0.6 is 23.5 Å². The highest BCUT2D eigenvalue weighted by molar-refractivity contribution is 8.00. The highest BCUT2D eigenvalue weighted by atomic mass is 32.2. The van der Waals surface area contributed by atoms with E-state index in [2.05, 4.69) is 32.6 Å². The number of primary amides is 1. The van der Waals surface area contributed by atoms with Crippen LogP contribution in [0.15, 0.2) is 24.3 Å². The maximum atomic E-state index is 11.3. The van der Waals surface area contributed by atoms with E-state index in [1.165, 1.54) is 0 Å². The van der Waals surface area contributed by atoms with Gasteiger partial charge in [0.25, 0.3) is 0 Å². The number of benzene rings is 1. The first-order valence-corrected chi connectivity index (χ1v) is 8.88. The van der Waals surface area contributed by atoms with Gasteiger partial charge in [0, 0.05) is 21.8 Å². The van der Waals surface area contributed by atoms with Gasteiger partial charge in [-0.3, -0.25) is 4.79 Å². The van der Waals surface area contributed by atoms with Crippen molar-refractivity contribution in [3.8, 4) is 0 Å². The lowest BCUT2D eigenvalue weighted by molar-refractivity contribution is 0.100. The van der Waals surface area contributed by atoms with E-state index in [9.17, 15) is 4.79 Å². The molecule has 1 aromatic rings. The Bertz CT molecular complexity index is 424. The molecule has 0 fully saturated rings. The molecule has 20 heavy (non-hydrogen) atoms. The van der Waals surface area contributed by atoms with E-state index in [4.69, 9.17) is 5.73 Å². The summed E-state index contributed by atoms with van der Waals surface area (Å²) in [6.45, 7) is 8.77. The van der Waals surface area contributed by atoms with Crippen LogP contribution in [0.2, 0.25) is 0 Å². The molecule has 2 N–H and O–H groups in total. The second-order valence-electron chi connectivity index (χ2n) is 5.14. The van der Waals surface area contributed by atoms with Crippen molar-refractivity contribution in [1.82, 2.24) is 0 Å². The number of rotatable bonds is 8. The topological polar surface area (TPSA) is 46.3 Å². The molecule has 1 rings (SSSR count). The van der Waals surface area contributed by atoms with Gasteiger partial charge < -0.3 is 10.6 Å². The third-order valence-corrected chi connectivity index (χ3v) is 4.88. The first-order valence-electron chi connectivity index (χ1n) is 6.78. The van der Waals surface area contributed by atoms with Crippen molar-refractivity contribution in [2.45, 2.75) is 38.2 Å². The summed E-state index contributed by atoms with van der Waals surface area (Å²) in [5, 5.41) is 1.17. The number of carbonyl (C=O) groups is 1. The predicted octanol–water partition coefficient (Wildman–Crippen LogP) is 3.79. The van der Waals surface area contributed by atoms with Crippen LogP contribution in [-0.4, -0.2) is 28.2 Å². The summed E-state index contributed by atoms with van der Waals surface area (Å²) in [5.74, 6) is 1.46. The van der Waals surface area contributed by atoms with Crippen molar-refractivity contribution in [2.75, 3.05) is 16.7 Å². The van der Waals surface area contributed by atoms with Gasteiger partial charge in [-0.05, 0) is 18.2 Å². The van der Waals surface area contributed by atoms with Crippen LogP contribution in [0.3, 0.4) is 0 Å². The van der Waals surface area contributed by atoms with Gasteiger partial charge in [-0.15, -0.1) is 23.5 Å². The van der Waals surface area contributed by atoms with E-state index in [0.29, 0.717) is 16.1 Å². The average Bonchev–Trinajstić information content (AvgIpc) is 2.38. The summed E-state index contributed by atoms with van der Waals surface area (Å²) in [5.41, 5.74) is 6.98. The quantitative estimate of drug-likeness (QED) is 0.742. The van der Waals surface area contributed by atoms with Crippen LogP contribution in [0, 0.1) is 0 Å². The van der Waals surface area contributed by atoms with E-state index in [1.807, 2.05) is 41.7 Å². The lowest BCUT2D eigenvalue weighted by Crippen LogP contribution is -2.24. The highest BCUT2D eigenvalue weighted by Gasteiger charge is 2.11. The third-order valence-electron chi connectivity index (χ3n) is 2.62. The lowest BCUT2D eigenvalue weighted by atomic mass is 10.2. The molecule has 0 bridgehead atoms. The summed E-state index contributed by atoms with van der Waals surface area (Å²) in [6, 6.07) is 7.57. The standard InChI is InChI=1S/C15H24N2OS2/c1-11(2)19-9-17(10-20-12(3)4)14-7-5-6-13(8-14)15(16)18/h5-8,11-12H,9-10H2,1-4H3,(H2,16,18). The fraction of sp³-hybridized carbons (Fsp3) is 0.533. The van der Waals surface area contributed by atoms with E-state index in [-0.39, 0.29) is 5.91 Å². The number of carbonyl (C=O) groups excluding carboxylic acids is 1. The minimum atomic E-state index is -0.375. The van der Waals surface area contributed by atoms with E-state index in [0.717, 1.165) is 17.4 Å². The Morgan fingerprint density at radius 1 is 1.15 bits per heavy atom. The van der Waals surface area contributed by atoms with Crippen LogP contribution < -0.4 is 10.6 Å². The average molecular weight is 313 g/mol. The molecule has 0 radical (unpaired) electrons. The van der Waals surface area contributed by atoms with E-state index >= 15 is 0 Å². The number of nitrogens with zero attached hydrogens (tertiary/aromatic N) is 1. The molecular weight excluding hydrogens is 288 g/mol.